The molecule has 0 radical (unpaired) electrons. The first kappa shape index (κ1) is 19.3. The van der Waals surface area contributed by atoms with E-state index in [4.69, 9.17) is 4.42 Å². The Morgan fingerprint density at radius 3 is 2.43 bits per heavy atom. The molecular weight excluding hydrogens is 386 g/mol. The quantitative estimate of drug-likeness (QED) is 0.604. The van der Waals surface area contributed by atoms with Gasteiger partial charge in [0.2, 0.25) is 17.7 Å². The first-order valence-electron chi connectivity index (χ1n) is 9.31. The van der Waals surface area contributed by atoms with Gasteiger partial charge in [0.15, 0.2) is 0 Å². The van der Waals surface area contributed by atoms with E-state index < -0.39 is 29.9 Å². The van der Waals surface area contributed by atoms with Crippen LogP contribution < -0.4 is 10.6 Å². The molecule has 2 heterocycles. The van der Waals surface area contributed by atoms with Crippen LogP contribution in [-0.4, -0.2) is 39.5 Å². The molecule has 30 heavy (non-hydrogen) atoms. The highest BCUT2D eigenvalue weighted by Crippen LogP contribution is 2.28. The lowest BCUT2D eigenvalue weighted by molar-refractivity contribution is -0.134. The maximum absolute atomic E-state index is 12.8. The maximum atomic E-state index is 12.8. The molecular formula is C21H19N5O4. The summed E-state index contributed by atoms with van der Waals surface area (Å²) in [5, 5.41) is 13.1. The molecule has 0 unspecified atom stereocenters. The van der Waals surface area contributed by atoms with E-state index in [1.807, 2.05) is 36.4 Å². The van der Waals surface area contributed by atoms with Gasteiger partial charge in [-0.25, -0.2) is 4.79 Å². The van der Waals surface area contributed by atoms with Crippen LogP contribution in [0.3, 0.4) is 0 Å². The molecule has 9 nitrogen and oxygen atoms in total. The van der Waals surface area contributed by atoms with Gasteiger partial charge in [-0.3, -0.25) is 14.5 Å². The second-order valence-corrected chi connectivity index (χ2v) is 6.96. The van der Waals surface area contributed by atoms with Crippen molar-refractivity contribution in [2.75, 3.05) is 6.54 Å². The molecule has 1 fully saturated rings. The van der Waals surface area contributed by atoms with Crippen molar-refractivity contribution in [3.8, 4) is 11.5 Å². The number of aromatic nitrogens is 2. The van der Waals surface area contributed by atoms with Gasteiger partial charge in [-0.05, 0) is 24.6 Å². The average Bonchev–Trinajstić information content (AvgIpc) is 3.33. The van der Waals surface area contributed by atoms with Gasteiger partial charge in [-0.15, -0.1) is 10.2 Å². The van der Waals surface area contributed by atoms with Gasteiger partial charge < -0.3 is 15.1 Å². The minimum absolute atomic E-state index is 0.0156. The van der Waals surface area contributed by atoms with Crippen LogP contribution in [0.4, 0.5) is 4.79 Å². The summed E-state index contributed by atoms with van der Waals surface area (Å²) in [6.45, 7) is 1.19. The van der Waals surface area contributed by atoms with Crippen LogP contribution in [0, 0.1) is 0 Å². The molecule has 3 aromatic rings. The van der Waals surface area contributed by atoms with Crippen molar-refractivity contribution in [2.24, 2.45) is 0 Å². The molecule has 0 aliphatic carbocycles. The van der Waals surface area contributed by atoms with Gasteiger partial charge in [0.25, 0.3) is 5.91 Å². The number of hydrogen-bond acceptors (Lipinski definition) is 6. The molecule has 1 saturated heterocycles. The standard InChI is InChI=1S/C21H19N5O4/c1-21(15-10-6-3-7-11-15)19(28)26(20(29)23-21)13-16(27)22-12-17-24-25-18(30-17)14-8-4-2-5-9-14/h2-11H,12-13H2,1H3,(H,22,27)(H,23,29)/t21-/m1/s1. The summed E-state index contributed by atoms with van der Waals surface area (Å²) >= 11 is 0. The predicted molar refractivity (Wildman–Crippen MR) is 106 cm³/mol. The molecule has 1 aromatic heterocycles. The largest absolute Gasteiger partial charge is 0.419 e. The van der Waals surface area contributed by atoms with Crippen molar-refractivity contribution in [3.63, 3.8) is 0 Å². The monoisotopic (exact) mass is 405 g/mol. The van der Waals surface area contributed by atoms with Gasteiger partial charge in [-0.1, -0.05) is 48.5 Å². The van der Waals surface area contributed by atoms with Gasteiger partial charge >= 0.3 is 6.03 Å². The van der Waals surface area contributed by atoms with Crippen LogP contribution >= 0.6 is 0 Å². The lowest BCUT2D eigenvalue weighted by atomic mass is 9.92. The van der Waals surface area contributed by atoms with E-state index in [-0.39, 0.29) is 12.4 Å². The minimum Gasteiger partial charge on any atom is -0.419 e. The van der Waals surface area contributed by atoms with Crippen molar-refractivity contribution < 1.29 is 18.8 Å². The van der Waals surface area contributed by atoms with Gasteiger partial charge in [0, 0.05) is 5.56 Å². The number of carbonyl (C=O) groups excluding carboxylic acids is 3. The summed E-state index contributed by atoms with van der Waals surface area (Å²) in [5.74, 6) is -0.450. The summed E-state index contributed by atoms with van der Waals surface area (Å²) < 4.78 is 5.53. The van der Waals surface area contributed by atoms with Crippen LogP contribution in [0.5, 0.6) is 0 Å². The molecule has 1 aliphatic rings. The van der Waals surface area contributed by atoms with Crippen molar-refractivity contribution in [1.82, 2.24) is 25.7 Å². The molecule has 1 aliphatic heterocycles. The fourth-order valence-corrected chi connectivity index (χ4v) is 3.20. The Morgan fingerprint density at radius 2 is 1.73 bits per heavy atom. The summed E-state index contributed by atoms with van der Waals surface area (Å²) in [6, 6.07) is 17.5. The van der Waals surface area contributed by atoms with E-state index in [0.29, 0.717) is 11.5 Å². The average molecular weight is 405 g/mol. The van der Waals surface area contributed by atoms with Crippen molar-refractivity contribution in [2.45, 2.75) is 19.0 Å². The number of nitrogens with zero attached hydrogens (tertiary/aromatic N) is 3. The van der Waals surface area contributed by atoms with E-state index in [9.17, 15) is 14.4 Å². The second kappa shape index (κ2) is 7.78. The Morgan fingerprint density at radius 1 is 1.07 bits per heavy atom. The highest BCUT2D eigenvalue weighted by molar-refractivity contribution is 6.09. The predicted octanol–water partition coefficient (Wildman–Crippen LogP) is 1.82. The Labute approximate surface area is 172 Å². The van der Waals surface area contributed by atoms with Crippen molar-refractivity contribution in [3.05, 3.63) is 72.1 Å². The van der Waals surface area contributed by atoms with E-state index in [1.165, 1.54) is 0 Å². The third-order valence-electron chi connectivity index (χ3n) is 4.85. The first-order valence-corrected chi connectivity index (χ1v) is 9.31. The number of carbonyl (C=O) groups is 3. The third-order valence-corrected chi connectivity index (χ3v) is 4.85. The van der Waals surface area contributed by atoms with Crippen LogP contribution in [-0.2, 0) is 21.7 Å². The van der Waals surface area contributed by atoms with E-state index in [0.717, 1.165) is 10.5 Å². The topological polar surface area (TPSA) is 117 Å². The fourth-order valence-electron chi connectivity index (χ4n) is 3.20. The molecule has 2 aromatic carbocycles. The second-order valence-electron chi connectivity index (χ2n) is 6.96. The van der Waals surface area contributed by atoms with Gasteiger partial charge in [0.1, 0.15) is 12.1 Å². The zero-order chi connectivity index (χ0) is 21.1. The van der Waals surface area contributed by atoms with Gasteiger partial charge in [-0.2, -0.15) is 0 Å². The zero-order valence-corrected chi connectivity index (χ0v) is 16.2. The molecule has 4 amide bonds. The number of imide groups is 1. The number of hydrogen-bond donors (Lipinski definition) is 2. The molecule has 9 heteroatoms. The fraction of sp³-hybridized carbons (Fsp3) is 0.190. The van der Waals surface area contributed by atoms with E-state index in [2.05, 4.69) is 20.8 Å². The van der Waals surface area contributed by atoms with Crippen molar-refractivity contribution in [1.29, 1.82) is 0 Å². The van der Waals surface area contributed by atoms with Crippen LogP contribution in [0.15, 0.2) is 65.1 Å². The first-order chi connectivity index (χ1) is 14.5. The third kappa shape index (κ3) is 3.64. The highest BCUT2D eigenvalue weighted by Gasteiger charge is 2.49. The molecule has 2 N–H and O–H groups in total. The number of rotatable bonds is 6. The van der Waals surface area contributed by atoms with Crippen LogP contribution in [0.25, 0.3) is 11.5 Å². The summed E-state index contributed by atoms with van der Waals surface area (Å²) in [7, 11) is 0. The molecule has 0 saturated carbocycles. The zero-order valence-electron chi connectivity index (χ0n) is 16.2. The lowest BCUT2D eigenvalue weighted by Gasteiger charge is -2.22. The summed E-state index contributed by atoms with van der Waals surface area (Å²) in [5.41, 5.74) is 0.197. The highest BCUT2D eigenvalue weighted by atomic mass is 16.4. The Hall–Kier alpha value is -4.01. The molecule has 1 atom stereocenters. The molecule has 4 rings (SSSR count). The van der Waals surface area contributed by atoms with Crippen molar-refractivity contribution >= 4 is 17.8 Å². The molecule has 0 bridgehead atoms. The smallest absolute Gasteiger partial charge is 0.325 e. The normalized spacial score (nSPS) is 18.4. The number of nitrogens with one attached hydrogen (secondary N) is 2. The molecule has 152 valence electrons. The van der Waals surface area contributed by atoms with Gasteiger partial charge in [0.05, 0.1) is 6.54 Å². The Bertz CT molecular complexity index is 1080. The SMILES string of the molecule is C[C@]1(c2ccccc2)NC(=O)N(CC(=O)NCc2nnc(-c3ccccc3)o2)C1=O. The van der Waals surface area contributed by atoms with Crippen LogP contribution in [0.1, 0.15) is 18.4 Å². The summed E-state index contributed by atoms with van der Waals surface area (Å²) in [6.07, 6.45) is 0. The maximum Gasteiger partial charge on any atom is 0.325 e. The number of benzene rings is 2. The minimum atomic E-state index is -1.21. The summed E-state index contributed by atoms with van der Waals surface area (Å²) in [4.78, 5) is 38.4. The Balaban J connectivity index is 1.37. The van der Waals surface area contributed by atoms with E-state index >= 15 is 0 Å². The Kier molecular flexibility index (Phi) is 5.01. The molecule has 0 spiro atoms. The van der Waals surface area contributed by atoms with E-state index in [1.54, 1.807) is 31.2 Å². The number of amides is 4. The van der Waals surface area contributed by atoms with Crippen LogP contribution in [0.2, 0.25) is 0 Å². The number of urea groups is 1. The lowest BCUT2D eigenvalue weighted by Crippen LogP contribution is -2.43.